The molecule has 0 bridgehead atoms. The molecule has 1 aliphatic carbocycles. The van der Waals surface area contributed by atoms with E-state index in [0.29, 0.717) is 0 Å². The quantitative estimate of drug-likeness (QED) is 0.841. The Bertz CT molecular complexity index is 487. The molecule has 0 spiro atoms. The Kier molecular flexibility index (Phi) is 4.41. The van der Waals surface area contributed by atoms with Gasteiger partial charge in [0.15, 0.2) is 0 Å². The zero-order chi connectivity index (χ0) is 13.9. The molecule has 20 heavy (non-hydrogen) atoms. The second-order valence-corrected chi connectivity index (χ2v) is 6.72. The molecule has 1 heterocycles. The normalized spacial score (nSPS) is 22.9. The van der Waals surface area contributed by atoms with Gasteiger partial charge in [-0.05, 0) is 49.8 Å². The van der Waals surface area contributed by atoms with Crippen molar-refractivity contribution in [2.45, 2.75) is 31.8 Å². The molecule has 3 rings (SSSR count). The van der Waals surface area contributed by atoms with Crippen LogP contribution in [0, 0.1) is 5.92 Å². The predicted octanol–water partition coefficient (Wildman–Crippen LogP) is 3.48. The lowest BCUT2D eigenvalue weighted by Gasteiger charge is -2.32. The molecular weight excluding hydrogens is 318 g/mol. The first-order valence-corrected chi connectivity index (χ1v) is 8.18. The fourth-order valence-corrected chi connectivity index (χ4v) is 3.02. The number of piperidine rings is 1. The van der Waals surface area contributed by atoms with Crippen LogP contribution in [0.2, 0.25) is 0 Å². The van der Waals surface area contributed by atoms with Gasteiger partial charge < -0.3 is 9.64 Å². The molecule has 1 aromatic carbocycles. The van der Waals surface area contributed by atoms with E-state index in [2.05, 4.69) is 15.9 Å². The van der Waals surface area contributed by atoms with Crippen LogP contribution in [0.15, 0.2) is 28.7 Å². The Morgan fingerprint density at radius 2 is 2.20 bits per heavy atom. The third-order valence-electron chi connectivity index (χ3n) is 4.00. The number of halogens is 1. The lowest BCUT2D eigenvalue weighted by molar-refractivity contribution is -0.00242. The Morgan fingerprint density at radius 3 is 2.95 bits per heavy atom. The van der Waals surface area contributed by atoms with Gasteiger partial charge in [-0.2, -0.15) is 0 Å². The van der Waals surface area contributed by atoms with E-state index in [1.807, 2.05) is 29.2 Å². The number of nitrogens with zero attached hydrogens (tertiary/aromatic N) is 1. The molecular formula is C16H20BrNO2. The third kappa shape index (κ3) is 3.61. The van der Waals surface area contributed by atoms with Crippen LogP contribution in [-0.2, 0) is 4.74 Å². The Labute approximate surface area is 128 Å². The van der Waals surface area contributed by atoms with E-state index in [1.54, 1.807) is 0 Å². The van der Waals surface area contributed by atoms with Gasteiger partial charge in [-0.1, -0.05) is 22.0 Å². The maximum Gasteiger partial charge on any atom is 0.253 e. The predicted molar refractivity (Wildman–Crippen MR) is 81.7 cm³/mol. The fourth-order valence-electron chi connectivity index (χ4n) is 2.62. The van der Waals surface area contributed by atoms with E-state index in [-0.39, 0.29) is 12.0 Å². The highest BCUT2D eigenvalue weighted by Gasteiger charge is 2.28. The number of benzene rings is 1. The number of carbonyl (C=O) groups excluding carboxylic acids is 1. The fraction of sp³-hybridized carbons (Fsp3) is 0.562. The summed E-state index contributed by atoms with van der Waals surface area (Å²) in [4.78, 5) is 14.4. The topological polar surface area (TPSA) is 29.5 Å². The van der Waals surface area contributed by atoms with E-state index in [1.165, 1.54) is 12.8 Å². The van der Waals surface area contributed by atoms with Crippen LogP contribution in [0.3, 0.4) is 0 Å². The Balaban J connectivity index is 1.59. The molecule has 1 saturated carbocycles. The molecule has 1 amide bonds. The highest BCUT2D eigenvalue weighted by Crippen LogP contribution is 2.30. The minimum atomic E-state index is 0.117. The van der Waals surface area contributed by atoms with Crippen molar-refractivity contribution in [3.8, 4) is 0 Å². The van der Waals surface area contributed by atoms with Crippen LogP contribution in [0.4, 0.5) is 0 Å². The second-order valence-electron chi connectivity index (χ2n) is 5.80. The van der Waals surface area contributed by atoms with Crippen molar-refractivity contribution < 1.29 is 9.53 Å². The molecule has 2 aliphatic rings. The molecule has 108 valence electrons. The van der Waals surface area contributed by atoms with Crippen molar-refractivity contribution in [2.75, 3.05) is 19.7 Å². The number of ether oxygens (including phenoxy) is 1. The van der Waals surface area contributed by atoms with Crippen molar-refractivity contribution in [1.29, 1.82) is 0 Å². The van der Waals surface area contributed by atoms with Gasteiger partial charge in [-0.15, -0.1) is 0 Å². The van der Waals surface area contributed by atoms with Gasteiger partial charge in [-0.3, -0.25) is 4.79 Å². The summed E-state index contributed by atoms with van der Waals surface area (Å²) in [5, 5.41) is 0. The summed E-state index contributed by atoms with van der Waals surface area (Å²) in [5.74, 6) is 0.900. The average molecular weight is 338 g/mol. The number of hydrogen-bond donors (Lipinski definition) is 0. The highest BCUT2D eigenvalue weighted by atomic mass is 79.9. The van der Waals surface area contributed by atoms with Crippen molar-refractivity contribution in [2.24, 2.45) is 5.92 Å². The monoisotopic (exact) mass is 337 g/mol. The zero-order valence-electron chi connectivity index (χ0n) is 11.6. The lowest BCUT2D eigenvalue weighted by Crippen LogP contribution is -2.43. The molecule has 1 aromatic rings. The Hall–Kier alpha value is -0.870. The van der Waals surface area contributed by atoms with Gasteiger partial charge in [0.05, 0.1) is 6.10 Å². The van der Waals surface area contributed by atoms with E-state index < -0.39 is 0 Å². The van der Waals surface area contributed by atoms with Crippen LogP contribution < -0.4 is 0 Å². The smallest absolute Gasteiger partial charge is 0.253 e. The summed E-state index contributed by atoms with van der Waals surface area (Å²) in [5.41, 5.74) is 0.752. The Morgan fingerprint density at radius 1 is 1.35 bits per heavy atom. The summed E-state index contributed by atoms with van der Waals surface area (Å²) in [7, 11) is 0. The number of rotatable bonds is 4. The highest BCUT2D eigenvalue weighted by molar-refractivity contribution is 9.10. The minimum Gasteiger partial charge on any atom is -0.376 e. The first-order chi connectivity index (χ1) is 9.72. The number of carbonyl (C=O) groups is 1. The molecule has 2 fully saturated rings. The largest absolute Gasteiger partial charge is 0.376 e. The van der Waals surface area contributed by atoms with E-state index in [0.717, 1.165) is 48.5 Å². The van der Waals surface area contributed by atoms with Crippen LogP contribution in [0.25, 0.3) is 0 Å². The van der Waals surface area contributed by atoms with Gasteiger partial charge >= 0.3 is 0 Å². The SMILES string of the molecule is O=C(c1cccc(Br)c1)N1CCCC(OCC2CC2)C1. The summed E-state index contributed by atoms with van der Waals surface area (Å²) >= 11 is 3.42. The van der Waals surface area contributed by atoms with Gasteiger partial charge in [0.2, 0.25) is 0 Å². The minimum absolute atomic E-state index is 0.117. The molecule has 1 atom stereocenters. The molecule has 4 heteroatoms. The zero-order valence-corrected chi connectivity index (χ0v) is 13.1. The van der Waals surface area contributed by atoms with Gasteiger partial charge in [-0.25, -0.2) is 0 Å². The number of amides is 1. The van der Waals surface area contributed by atoms with Crippen LogP contribution in [0.1, 0.15) is 36.0 Å². The van der Waals surface area contributed by atoms with Crippen LogP contribution >= 0.6 is 15.9 Å². The second kappa shape index (κ2) is 6.27. The summed E-state index contributed by atoms with van der Waals surface area (Å²) < 4.78 is 6.89. The summed E-state index contributed by atoms with van der Waals surface area (Å²) in [6.07, 6.45) is 4.96. The van der Waals surface area contributed by atoms with Crippen molar-refractivity contribution in [3.05, 3.63) is 34.3 Å². The maximum atomic E-state index is 12.5. The molecule has 0 aromatic heterocycles. The standard InChI is InChI=1S/C16H20BrNO2/c17-14-4-1-3-13(9-14)16(19)18-8-2-5-15(10-18)20-11-12-6-7-12/h1,3-4,9,12,15H,2,5-8,10-11H2. The van der Waals surface area contributed by atoms with Crippen LogP contribution in [-0.4, -0.2) is 36.6 Å². The maximum absolute atomic E-state index is 12.5. The van der Waals surface area contributed by atoms with E-state index >= 15 is 0 Å². The number of hydrogen-bond acceptors (Lipinski definition) is 2. The van der Waals surface area contributed by atoms with Gasteiger partial charge in [0, 0.05) is 29.7 Å². The average Bonchev–Trinajstić information content (AvgIpc) is 3.29. The lowest BCUT2D eigenvalue weighted by atomic mass is 10.1. The van der Waals surface area contributed by atoms with E-state index in [9.17, 15) is 4.79 Å². The molecule has 1 aliphatic heterocycles. The first kappa shape index (κ1) is 14.1. The third-order valence-corrected chi connectivity index (χ3v) is 4.49. The molecule has 0 N–H and O–H groups in total. The van der Waals surface area contributed by atoms with E-state index in [4.69, 9.17) is 4.74 Å². The number of likely N-dealkylation sites (tertiary alicyclic amines) is 1. The summed E-state index contributed by atoms with van der Waals surface area (Å²) in [6, 6.07) is 7.61. The van der Waals surface area contributed by atoms with Gasteiger partial charge in [0.1, 0.15) is 0 Å². The van der Waals surface area contributed by atoms with Crippen LogP contribution in [0.5, 0.6) is 0 Å². The molecule has 3 nitrogen and oxygen atoms in total. The van der Waals surface area contributed by atoms with Gasteiger partial charge in [0.25, 0.3) is 5.91 Å². The summed E-state index contributed by atoms with van der Waals surface area (Å²) in [6.45, 7) is 2.45. The van der Waals surface area contributed by atoms with Crippen molar-refractivity contribution in [3.63, 3.8) is 0 Å². The molecule has 1 saturated heterocycles. The molecule has 0 radical (unpaired) electrons. The van der Waals surface area contributed by atoms with Crippen molar-refractivity contribution >= 4 is 21.8 Å². The first-order valence-electron chi connectivity index (χ1n) is 7.39. The molecule has 1 unspecified atom stereocenters. The van der Waals surface area contributed by atoms with Crippen molar-refractivity contribution in [1.82, 2.24) is 4.90 Å².